The Morgan fingerprint density at radius 2 is 0.600 bits per heavy atom. The normalized spacial score (nSPS) is 11.6. The van der Waals surface area contributed by atoms with Crippen molar-refractivity contribution in [1.82, 2.24) is 14.1 Å². The van der Waals surface area contributed by atoms with Gasteiger partial charge in [-0.15, -0.1) is 0 Å². The third kappa shape index (κ3) is 7.35. The van der Waals surface area contributed by atoms with E-state index in [0.717, 1.165) is 122 Å². The Hall–Kier alpha value is -8.78. The third-order valence-corrected chi connectivity index (χ3v) is 14.2. The smallest absolute Gasteiger partial charge is 0.197 e. The molecule has 0 aliphatic heterocycles. The van der Waals surface area contributed by atoms with Crippen LogP contribution in [0.3, 0.4) is 0 Å². The molecule has 0 N–H and O–H groups in total. The summed E-state index contributed by atoms with van der Waals surface area (Å²) in [5.74, 6) is 0. The van der Waals surface area contributed by atoms with E-state index in [0.29, 0.717) is 5.69 Å². The molecule has 3 heterocycles. The van der Waals surface area contributed by atoms with Crippen molar-refractivity contribution in [3.8, 4) is 67.0 Å². The molecule has 4 nitrogen and oxygen atoms in total. The number of hydrogen-bond acceptors (Lipinski definition) is 1. The van der Waals surface area contributed by atoms with E-state index in [-0.39, 0.29) is 0 Å². The van der Waals surface area contributed by atoms with Crippen LogP contribution >= 0.6 is 0 Å². The first-order chi connectivity index (χ1) is 34.1. The zero-order chi connectivity index (χ0) is 47.8. The van der Waals surface area contributed by atoms with Crippen molar-refractivity contribution in [2.24, 2.45) is 0 Å². The van der Waals surface area contributed by atoms with Crippen LogP contribution in [0.15, 0.2) is 194 Å². The van der Waals surface area contributed by atoms with E-state index < -0.39 is 0 Å². The first-order valence-corrected chi connectivity index (χ1v) is 24.0. The molecule has 0 fully saturated rings. The summed E-state index contributed by atoms with van der Waals surface area (Å²) < 4.78 is 4.90. The molecule has 334 valence electrons. The molecule has 0 radical (unpaired) electrons. The first kappa shape index (κ1) is 42.6. The molecule has 0 amide bonds. The highest BCUT2D eigenvalue weighted by molar-refractivity contribution is 6.14. The van der Waals surface area contributed by atoms with Crippen molar-refractivity contribution in [3.05, 3.63) is 239 Å². The molecule has 0 saturated carbocycles. The fourth-order valence-corrected chi connectivity index (χ4v) is 10.5. The van der Waals surface area contributed by atoms with Crippen molar-refractivity contribution in [2.75, 3.05) is 0 Å². The number of fused-ring (bicyclic) bond motifs is 6. The molecule has 3 aromatic heterocycles. The Balaban J connectivity index is 1.25. The minimum atomic E-state index is 0.574. The minimum Gasteiger partial charge on any atom is -0.308 e. The van der Waals surface area contributed by atoms with Crippen molar-refractivity contribution in [2.45, 2.75) is 41.5 Å². The molecular formula is C66H50N4. The topological polar surface area (TPSA) is 27.1 Å². The fraction of sp³-hybridized carbons (Fsp3) is 0.0909. The minimum absolute atomic E-state index is 0.574. The second-order valence-electron chi connectivity index (χ2n) is 19.2. The van der Waals surface area contributed by atoms with Gasteiger partial charge in [0.2, 0.25) is 0 Å². The summed E-state index contributed by atoms with van der Waals surface area (Å²) in [4.78, 5) is 9.13. The molecule has 12 aromatic rings. The van der Waals surface area contributed by atoms with Crippen LogP contribution in [-0.2, 0) is 0 Å². The SMILES string of the molecule is [C-]#[N+]c1cc(-n2c3cc(-c4ccc(C)cc4)ccc3c3ccc(-c4ccc(C)cc4)cc32)c(-n2c3cc(-c4ccc(C)cc4)ccc3c3ccc(-c4ccc(C)cc4)cc32)cc1-c1cc(C)nc(C)c1. The van der Waals surface area contributed by atoms with E-state index >= 15 is 0 Å². The number of aryl methyl sites for hydroxylation is 6. The highest BCUT2D eigenvalue weighted by atomic mass is 15.1. The van der Waals surface area contributed by atoms with Gasteiger partial charge in [-0.3, -0.25) is 4.98 Å². The molecule has 9 aromatic carbocycles. The van der Waals surface area contributed by atoms with E-state index in [2.05, 4.69) is 236 Å². The third-order valence-electron chi connectivity index (χ3n) is 14.2. The van der Waals surface area contributed by atoms with E-state index in [1.165, 1.54) is 22.3 Å². The summed E-state index contributed by atoms with van der Waals surface area (Å²) >= 11 is 0. The predicted molar refractivity (Wildman–Crippen MR) is 295 cm³/mol. The van der Waals surface area contributed by atoms with Gasteiger partial charge in [0, 0.05) is 32.9 Å². The number of nitrogens with zero attached hydrogens (tertiary/aromatic N) is 4. The Labute approximate surface area is 409 Å². The second-order valence-corrected chi connectivity index (χ2v) is 19.2. The Bertz CT molecular complexity index is 3860. The summed E-state index contributed by atoms with van der Waals surface area (Å²) in [6.07, 6.45) is 0. The molecule has 0 spiro atoms. The van der Waals surface area contributed by atoms with Crippen LogP contribution in [0.25, 0.3) is 115 Å². The highest BCUT2D eigenvalue weighted by Gasteiger charge is 2.24. The predicted octanol–water partition coefficient (Wildman–Crippen LogP) is 18.0. The van der Waals surface area contributed by atoms with Gasteiger partial charge in [-0.2, -0.15) is 0 Å². The second kappa shape index (κ2) is 16.8. The van der Waals surface area contributed by atoms with Gasteiger partial charge >= 0.3 is 0 Å². The molecule has 0 bridgehead atoms. The monoisotopic (exact) mass is 898 g/mol. The van der Waals surface area contributed by atoms with Crippen molar-refractivity contribution < 1.29 is 0 Å². The van der Waals surface area contributed by atoms with Gasteiger partial charge in [0.25, 0.3) is 0 Å². The maximum absolute atomic E-state index is 8.89. The van der Waals surface area contributed by atoms with Gasteiger partial charge in [-0.25, -0.2) is 4.85 Å². The fourth-order valence-electron chi connectivity index (χ4n) is 10.5. The van der Waals surface area contributed by atoms with Crippen molar-refractivity contribution >= 4 is 49.3 Å². The molecular weight excluding hydrogens is 849 g/mol. The zero-order valence-electron chi connectivity index (χ0n) is 40.3. The quantitative estimate of drug-likeness (QED) is 0.146. The Kier molecular flexibility index (Phi) is 10.2. The summed E-state index contributed by atoms with van der Waals surface area (Å²) in [7, 11) is 0. The van der Waals surface area contributed by atoms with E-state index in [1.807, 2.05) is 13.8 Å². The van der Waals surface area contributed by atoms with Crippen LogP contribution in [0, 0.1) is 48.1 Å². The van der Waals surface area contributed by atoms with Crippen LogP contribution in [-0.4, -0.2) is 14.1 Å². The lowest BCUT2D eigenvalue weighted by Gasteiger charge is -2.21. The number of rotatable bonds is 7. The van der Waals surface area contributed by atoms with Crippen LogP contribution in [0.4, 0.5) is 5.69 Å². The average Bonchev–Trinajstić information content (AvgIpc) is 3.87. The maximum Gasteiger partial charge on any atom is 0.197 e. The number of pyridine rings is 1. The van der Waals surface area contributed by atoms with Gasteiger partial charge < -0.3 is 9.13 Å². The van der Waals surface area contributed by atoms with Crippen LogP contribution < -0.4 is 0 Å². The molecule has 4 heteroatoms. The average molecular weight is 899 g/mol. The largest absolute Gasteiger partial charge is 0.308 e. The Morgan fingerprint density at radius 3 is 0.900 bits per heavy atom. The van der Waals surface area contributed by atoms with Crippen LogP contribution in [0.1, 0.15) is 33.6 Å². The van der Waals surface area contributed by atoms with E-state index in [9.17, 15) is 0 Å². The van der Waals surface area contributed by atoms with Gasteiger partial charge in [0.05, 0.1) is 40.0 Å². The first-order valence-electron chi connectivity index (χ1n) is 24.0. The van der Waals surface area contributed by atoms with Gasteiger partial charge in [0.1, 0.15) is 0 Å². The summed E-state index contributed by atoms with van der Waals surface area (Å²) in [5, 5.41) is 4.60. The molecule has 0 unspecified atom stereocenters. The van der Waals surface area contributed by atoms with Crippen LogP contribution in [0.5, 0.6) is 0 Å². The summed E-state index contributed by atoms with van der Waals surface area (Å²) in [6, 6.07) is 71.4. The van der Waals surface area contributed by atoms with Crippen molar-refractivity contribution in [1.29, 1.82) is 0 Å². The molecule has 0 aliphatic carbocycles. The lowest BCUT2D eigenvalue weighted by molar-refractivity contribution is 1.10. The summed E-state index contributed by atoms with van der Waals surface area (Å²) in [6.45, 7) is 21.5. The van der Waals surface area contributed by atoms with Crippen LogP contribution in [0.2, 0.25) is 0 Å². The van der Waals surface area contributed by atoms with Gasteiger partial charge in [-0.1, -0.05) is 168 Å². The zero-order valence-corrected chi connectivity index (χ0v) is 40.3. The highest BCUT2D eigenvalue weighted by Crippen LogP contribution is 2.46. The molecule has 12 rings (SSSR count). The van der Waals surface area contributed by atoms with E-state index in [4.69, 9.17) is 11.6 Å². The summed E-state index contributed by atoms with van der Waals surface area (Å²) in [5.41, 5.74) is 24.5. The number of aromatic nitrogens is 3. The van der Waals surface area contributed by atoms with Crippen molar-refractivity contribution in [3.63, 3.8) is 0 Å². The molecule has 0 aliphatic rings. The maximum atomic E-state index is 8.89. The molecule has 70 heavy (non-hydrogen) atoms. The van der Waals surface area contributed by atoms with Gasteiger partial charge in [0.15, 0.2) is 5.69 Å². The standard InChI is InChI=1S/C66H50N4/c1-40-8-16-46(17-9-40)50-24-28-55-56-29-25-51(47-18-10-41(2)11-19-47)35-62(56)69(61(55)34-50)65-38-59(54-32-44(5)68-45(6)33-54)60(67-7)39-66(65)70-63-36-52(48-20-12-42(3)13-21-48)26-30-57(63)58-31-27-53(37-64(58)70)49-22-14-43(4)15-23-49/h8-39H,1-6H3. The number of hydrogen-bond donors (Lipinski definition) is 0. The number of benzene rings is 9. The Morgan fingerprint density at radius 1 is 0.314 bits per heavy atom. The van der Waals surface area contributed by atoms with E-state index in [1.54, 1.807) is 0 Å². The lowest BCUT2D eigenvalue weighted by atomic mass is 10.00. The molecule has 0 atom stereocenters. The molecule has 0 saturated heterocycles. The lowest BCUT2D eigenvalue weighted by Crippen LogP contribution is -2.05. The van der Waals surface area contributed by atoms with Gasteiger partial charge in [-0.05, 0) is 146 Å².